The lowest BCUT2D eigenvalue weighted by Gasteiger charge is -2.36. The van der Waals surface area contributed by atoms with Gasteiger partial charge in [-0.05, 0) is 37.0 Å². The van der Waals surface area contributed by atoms with E-state index in [-0.39, 0.29) is 12.0 Å². The molecule has 3 aromatic rings. The van der Waals surface area contributed by atoms with E-state index in [0.29, 0.717) is 18.4 Å². The Hall–Kier alpha value is -2.63. The van der Waals surface area contributed by atoms with E-state index in [2.05, 4.69) is 16.8 Å². The first-order valence-electron chi connectivity index (χ1n) is 12.8. The van der Waals surface area contributed by atoms with Crippen LogP contribution < -0.4 is 4.74 Å². The van der Waals surface area contributed by atoms with Crippen molar-refractivity contribution in [1.29, 1.82) is 0 Å². The molecule has 0 amide bonds. The molecule has 2 heterocycles. The minimum absolute atomic E-state index is 0.120. The van der Waals surface area contributed by atoms with Crippen molar-refractivity contribution in [3.63, 3.8) is 0 Å². The molecule has 3 unspecified atom stereocenters. The lowest BCUT2D eigenvalue weighted by Crippen LogP contribution is -2.38. The molecular weight excluding hydrogens is 424 g/mol. The van der Waals surface area contributed by atoms with Crippen LogP contribution in [-0.2, 0) is 12.1 Å². The molecule has 1 aliphatic heterocycles. The third-order valence-corrected chi connectivity index (χ3v) is 7.68. The maximum atomic E-state index is 12.0. The van der Waals surface area contributed by atoms with Crippen LogP contribution in [0.15, 0.2) is 71.3 Å². The Balaban J connectivity index is 1.32. The second kappa shape index (κ2) is 10.3. The molecule has 2 fully saturated rings. The van der Waals surface area contributed by atoms with Gasteiger partial charge in [0.25, 0.3) is 0 Å². The molecule has 0 spiro atoms. The molecule has 5 rings (SSSR count). The highest BCUT2D eigenvalue weighted by atomic mass is 16.5. The highest BCUT2D eigenvalue weighted by Gasteiger charge is 2.45. The van der Waals surface area contributed by atoms with Crippen molar-refractivity contribution in [2.45, 2.75) is 63.7 Å². The van der Waals surface area contributed by atoms with Crippen molar-refractivity contribution in [2.75, 3.05) is 13.1 Å². The molecule has 1 aliphatic carbocycles. The van der Waals surface area contributed by atoms with Gasteiger partial charge in [-0.3, -0.25) is 4.90 Å². The minimum atomic E-state index is -1.18. The molecular formula is C29H36N2O3. The summed E-state index contributed by atoms with van der Waals surface area (Å²) >= 11 is 0. The Morgan fingerprint density at radius 3 is 2.41 bits per heavy atom. The number of aliphatic hydroxyl groups is 1. The summed E-state index contributed by atoms with van der Waals surface area (Å²) in [6, 6.07) is 20.0. The second-order valence-corrected chi connectivity index (χ2v) is 9.93. The molecule has 0 radical (unpaired) electrons. The maximum absolute atomic E-state index is 12.0. The van der Waals surface area contributed by atoms with E-state index in [1.54, 1.807) is 6.20 Å². The van der Waals surface area contributed by atoms with E-state index < -0.39 is 5.60 Å². The lowest BCUT2D eigenvalue weighted by atomic mass is 9.73. The number of nitrogens with zero attached hydrogens (tertiary/aromatic N) is 2. The van der Waals surface area contributed by atoms with Gasteiger partial charge in [-0.2, -0.15) is 0 Å². The fraction of sp³-hybridized carbons (Fsp3) is 0.483. The summed E-state index contributed by atoms with van der Waals surface area (Å²) in [6.07, 6.45) is 8.54. The van der Waals surface area contributed by atoms with Crippen molar-refractivity contribution in [2.24, 2.45) is 11.8 Å². The van der Waals surface area contributed by atoms with Crippen molar-refractivity contribution >= 4 is 0 Å². The van der Waals surface area contributed by atoms with Crippen LogP contribution in [0.5, 0.6) is 5.75 Å². The highest BCUT2D eigenvalue weighted by Crippen LogP contribution is 2.43. The Bertz CT molecular complexity index is 1030. The maximum Gasteiger partial charge on any atom is 0.231 e. The number of oxazole rings is 1. The molecule has 2 aromatic carbocycles. The molecule has 5 nitrogen and oxygen atoms in total. The zero-order valence-corrected chi connectivity index (χ0v) is 20.1. The van der Waals surface area contributed by atoms with Gasteiger partial charge in [0, 0.05) is 24.9 Å². The normalized spacial score (nSPS) is 23.6. The Morgan fingerprint density at radius 2 is 1.71 bits per heavy atom. The number of rotatable bonds is 8. The summed E-state index contributed by atoms with van der Waals surface area (Å²) in [7, 11) is 0. The van der Waals surface area contributed by atoms with Crippen LogP contribution in [0.1, 0.15) is 62.7 Å². The summed E-state index contributed by atoms with van der Waals surface area (Å²) in [5.41, 5.74) is -0.311. The van der Waals surface area contributed by atoms with E-state index in [4.69, 9.17) is 9.15 Å². The van der Waals surface area contributed by atoms with Crippen molar-refractivity contribution in [1.82, 2.24) is 9.88 Å². The van der Waals surface area contributed by atoms with Crippen LogP contribution in [0.2, 0.25) is 0 Å². The fourth-order valence-electron chi connectivity index (χ4n) is 5.78. The van der Waals surface area contributed by atoms with Crippen molar-refractivity contribution in [3.8, 4) is 5.75 Å². The van der Waals surface area contributed by atoms with E-state index >= 15 is 0 Å². The molecule has 1 N–H and O–H groups in total. The zero-order valence-electron chi connectivity index (χ0n) is 20.1. The van der Waals surface area contributed by atoms with E-state index in [1.807, 2.05) is 60.7 Å². The Kier molecular flexibility index (Phi) is 7.02. The summed E-state index contributed by atoms with van der Waals surface area (Å²) in [5, 5.41) is 12.0. The molecule has 0 bridgehead atoms. The zero-order chi connectivity index (χ0) is 23.4. The first-order valence-corrected chi connectivity index (χ1v) is 12.8. The summed E-state index contributed by atoms with van der Waals surface area (Å²) in [6.45, 7) is 4.73. The van der Waals surface area contributed by atoms with Gasteiger partial charge in [-0.25, -0.2) is 4.98 Å². The topological polar surface area (TPSA) is 58.7 Å². The fourth-order valence-corrected chi connectivity index (χ4v) is 5.78. The number of benzene rings is 2. The average molecular weight is 461 g/mol. The molecule has 180 valence electrons. The lowest BCUT2D eigenvalue weighted by molar-refractivity contribution is -0.0243. The Morgan fingerprint density at radius 1 is 1.00 bits per heavy atom. The third kappa shape index (κ3) is 4.77. The molecule has 1 aromatic heterocycles. The van der Waals surface area contributed by atoms with Gasteiger partial charge < -0.3 is 14.3 Å². The highest BCUT2D eigenvalue weighted by molar-refractivity contribution is 5.30. The molecule has 3 atom stereocenters. The summed E-state index contributed by atoms with van der Waals surface area (Å²) < 4.78 is 12.6. The molecule has 1 saturated heterocycles. The minimum Gasteiger partial charge on any atom is -0.489 e. The van der Waals surface area contributed by atoms with Gasteiger partial charge in [0.15, 0.2) is 5.60 Å². The summed E-state index contributed by atoms with van der Waals surface area (Å²) in [4.78, 5) is 7.02. The second-order valence-electron chi connectivity index (χ2n) is 9.93. The molecule has 34 heavy (non-hydrogen) atoms. The smallest absolute Gasteiger partial charge is 0.231 e. The van der Waals surface area contributed by atoms with Gasteiger partial charge in [0.1, 0.15) is 17.6 Å². The average Bonchev–Trinajstić information content (AvgIpc) is 3.52. The SMILES string of the molecule is CCC1CN(Cc2cnc(C(O)(c3ccccc3)C3CCCCC3)o2)CC1Oc1ccccc1. The monoisotopic (exact) mass is 460 g/mol. The predicted octanol–water partition coefficient (Wildman–Crippen LogP) is 5.78. The number of likely N-dealkylation sites (tertiary alicyclic amines) is 1. The standard InChI is InChI=1S/C29H36N2O3/c1-2-22-19-31(21-27(22)33-25-16-10-5-11-17-25)20-26-18-30-28(34-26)29(32,23-12-6-3-7-13-23)24-14-8-4-9-15-24/h3,5-7,10-13,16-18,22,24,27,32H,2,4,8-9,14-15,19-21H2,1H3. The van der Waals surface area contributed by atoms with Gasteiger partial charge >= 0.3 is 0 Å². The molecule has 1 saturated carbocycles. The molecule has 5 heteroatoms. The van der Waals surface area contributed by atoms with Crippen LogP contribution >= 0.6 is 0 Å². The number of para-hydroxylation sites is 1. The van der Waals surface area contributed by atoms with Crippen LogP contribution in [-0.4, -0.2) is 34.2 Å². The van der Waals surface area contributed by atoms with Crippen LogP contribution in [0.3, 0.4) is 0 Å². The van der Waals surface area contributed by atoms with Gasteiger partial charge in [-0.15, -0.1) is 0 Å². The van der Waals surface area contributed by atoms with Crippen LogP contribution in [0.25, 0.3) is 0 Å². The quantitative estimate of drug-likeness (QED) is 0.462. The van der Waals surface area contributed by atoms with E-state index in [0.717, 1.165) is 62.3 Å². The summed E-state index contributed by atoms with van der Waals surface area (Å²) in [5.74, 6) is 2.76. The van der Waals surface area contributed by atoms with Gasteiger partial charge in [-0.1, -0.05) is 74.7 Å². The number of ether oxygens (including phenoxy) is 1. The van der Waals surface area contributed by atoms with Crippen LogP contribution in [0, 0.1) is 11.8 Å². The number of hydrogen-bond donors (Lipinski definition) is 1. The van der Waals surface area contributed by atoms with Crippen LogP contribution in [0.4, 0.5) is 0 Å². The van der Waals surface area contributed by atoms with E-state index in [9.17, 15) is 5.11 Å². The first-order chi connectivity index (χ1) is 16.7. The van der Waals surface area contributed by atoms with Gasteiger partial charge in [0.05, 0.1) is 12.7 Å². The molecule has 2 aliphatic rings. The number of aromatic nitrogens is 1. The van der Waals surface area contributed by atoms with Crippen molar-refractivity contribution in [3.05, 3.63) is 84.1 Å². The van der Waals surface area contributed by atoms with Crippen molar-refractivity contribution < 1.29 is 14.3 Å². The van der Waals surface area contributed by atoms with E-state index in [1.165, 1.54) is 6.42 Å². The third-order valence-electron chi connectivity index (χ3n) is 7.68. The predicted molar refractivity (Wildman–Crippen MR) is 132 cm³/mol. The van der Waals surface area contributed by atoms with Gasteiger partial charge in [0.2, 0.25) is 5.89 Å². The largest absolute Gasteiger partial charge is 0.489 e. The Labute approximate surface area is 202 Å². The number of hydrogen-bond acceptors (Lipinski definition) is 5. The first kappa shape index (κ1) is 23.1.